The van der Waals surface area contributed by atoms with E-state index in [-0.39, 0.29) is 5.91 Å². The topological polar surface area (TPSA) is 84.2 Å². The van der Waals surface area contributed by atoms with Gasteiger partial charge in [0.15, 0.2) is 0 Å². The van der Waals surface area contributed by atoms with Gasteiger partial charge in [0, 0.05) is 38.5 Å². The van der Waals surface area contributed by atoms with Gasteiger partial charge < -0.3 is 15.0 Å². The summed E-state index contributed by atoms with van der Waals surface area (Å²) in [6.45, 7) is 1.32. The monoisotopic (exact) mass is 285 g/mol. The highest BCUT2D eigenvalue weighted by atomic mass is 32.2. The summed E-state index contributed by atoms with van der Waals surface area (Å²) >= 11 is 1.67. The standard InChI is InChI=1S/C12H19N3O3S/c1-9(16)14-10(12(17)18)3-7-19-8-4-11-13-5-6-15(11)2/h5-6,10H,3-4,7-8H2,1-2H3,(H,14,16)(H,17,18). The van der Waals surface area contributed by atoms with E-state index in [0.717, 1.165) is 18.0 Å². The van der Waals surface area contributed by atoms with E-state index in [4.69, 9.17) is 5.11 Å². The van der Waals surface area contributed by atoms with Crippen molar-refractivity contribution < 1.29 is 14.7 Å². The fraction of sp³-hybridized carbons (Fsp3) is 0.583. The van der Waals surface area contributed by atoms with Crippen LogP contribution >= 0.6 is 11.8 Å². The molecule has 0 fully saturated rings. The van der Waals surface area contributed by atoms with E-state index in [9.17, 15) is 9.59 Å². The molecule has 6 nitrogen and oxygen atoms in total. The Kier molecular flexibility index (Phi) is 6.41. The van der Waals surface area contributed by atoms with Crippen molar-refractivity contribution in [3.05, 3.63) is 18.2 Å². The summed E-state index contributed by atoms with van der Waals surface area (Å²) in [6.07, 6.45) is 4.95. The van der Waals surface area contributed by atoms with Crippen LogP contribution in [0.3, 0.4) is 0 Å². The van der Waals surface area contributed by atoms with Gasteiger partial charge in [-0.1, -0.05) is 0 Å². The van der Waals surface area contributed by atoms with Gasteiger partial charge in [-0.3, -0.25) is 4.79 Å². The van der Waals surface area contributed by atoms with Crippen LogP contribution in [0.15, 0.2) is 12.4 Å². The molecule has 0 bridgehead atoms. The highest BCUT2D eigenvalue weighted by molar-refractivity contribution is 7.99. The van der Waals surface area contributed by atoms with Gasteiger partial charge in [-0.25, -0.2) is 9.78 Å². The largest absolute Gasteiger partial charge is 0.480 e. The molecule has 0 aliphatic heterocycles. The molecule has 1 aromatic heterocycles. The Labute approximate surface area is 116 Å². The van der Waals surface area contributed by atoms with E-state index in [0.29, 0.717) is 12.2 Å². The number of aliphatic carboxylic acids is 1. The maximum Gasteiger partial charge on any atom is 0.326 e. The number of carbonyl (C=O) groups is 2. The van der Waals surface area contributed by atoms with E-state index in [1.54, 1.807) is 18.0 Å². The highest BCUT2D eigenvalue weighted by Crippen LogP contribution is 2.08. The summed E-state index contributed by atoms with van der Waals surface area (Å²) in [6, 6.07) is -0.793. The number of hydrogen-bond acceptors (Lipinski definition) is 4. The van der Waals surface area contributed by atoms with E-state index < -0.39 is 12.0 Å². The number of carboxylic acid groups (broad SMARTS) is 1. The van der Waals surface area contributed by atoms with E-state index in [1.807, 2.05) is 17.8 Å². The number of carbonyl (C=O) groups excluding carboxylic acids is 1. The van der Waals surface area contributed by atoms with Gasteiger partial charge >= 0.3 is 5.97 Å². The number of aryl methyl sites for hydroxylation is 2. The first-order chi connectivity index (χ1) is 9.00. The quantitative estimate of drug-likeness (QED) is 0.686. The zero-order chi connectivity index (χ0) is 14.3. The molecule has 1 amide bonds. The van der Waals surface area contributed by atoms with Crippen LogP contribution in [0.25, 0.3) is 0 Å². The third-order valence-electron chi connectivity index (χ3n) is 2.62. The summed E-state index contributed by atoms with van der Waals surface area (Å²) < 4.78 is 1.97. The molecule has 1 aromatic rings. The first-order valence-electron chi connectivity index (χ1n) is 6.04. The molecular formula is C12H19N3O3S. The number of hydrogen-bond donors (Lipinski definition) is 2. The van der Waals surface area contributed by atoms with Gasteiger partial charge in [-0.15, -0.1) is 0 Å². The lowest BCUT2D eigenvalue weighted by Gasteiger charge is -2.12. The van der Waals surface area contributed by atoms with Crippen LogP contribution in [-0.2, 0) is 23.1 Å². The highest BCUT2D eigenvalue weighted by Gasteiger charge is 2.17. The third-order valence-corrected chi connectivity index (χ3v) is 3.63. The molecule has 0 aliphatic rings. The Morgan fingerprint density at radius 3 is 2.79 bits per heavy atom. The second kappa shape index (κ2) is 7.83. The Morgan fingerprint density at radius 1 is 1.53 bits per heavy atom. The summed E-state index contributed by atoms with van der Waals surface area (Å²) in [4.78, 5) is 26.0. The van der Waals surface area contributed by atoms with E-state index in [1.165, 1.54) is 6.92 Å². The van der Waals surface area contributed by atoms with Crippen LogP contribution in [0.2, 0.25) is 0 Å². The SMILES string of the molecule is CC(=O)NC(CCSCCc1nccn1C)C(=O)O. The van der Waals surface area contributed by atoms with Crippen LogP contribution in [0.4, 0.5) is 0 Å². The molecule has 1 atom stereocenters. The van der Waals surface area contributed by atoms with Gasteiger partial charge in [-0.05, 0) is 12.2 Å². The van der Waals surface area contributed by atoms with Crippen LogP contribution < -0.4 is 5.32 Å². The number of imidazole rings is 1. The molecule has 1 unspecified atom stereocenters. The van der Waals surface area contributed by atoms with Gasteiger partial charge in [-0.2, -0.15) is 11.8 Å². The second-order valence-corrected chi connectivity index (χ2v) is 5.42. The molecule has 0 radical (unpaired) electrons. The minimum Gasteiger partial charge on any atom is -0.480 e. The van der Waals surface area contributed by atoms with E-state index >= 15 is 0 Å². The lowest BCUT2D eigenvalue weighted by atomic mass is 10.2. The van der Waals surface area contributed by atoms with Gasteiger partial charge in [0.2, 0.25) is 5.91 Å². The van der Waals surface area contributed by atoms with Crippen molar-refractivity contribution in [1.29, 1.82) is 0 Å². The normalized spacial score (nSPS) is 12.1. The zero-order valence-electron chi connectivity index (χ0n) is 11.1. The van der Waals surface area contributed by atoms with Crippen molar-refractivity contribution in [1.82, 2.24) is 14.9 Å². The molecule has 2 N–H and O–H groups in total. The minimum absolute atomic E-state index is 0.314. The number of amides is 1. The summed E-state index contributed by atoms with van der Waals surface area (Å²) in [5.41, 5.74) is 0. The Morgan fingerprint density at radius 2 is 2.26 bits per heavy atom. The summed E-state index contributed by atoms with van der Waals surface area (Å²) in [5, 5.41) is 11.4. The zero-order valence-corrected chi connectivity index (χ0v) is 11.9. The Balaban J connectivity index is 2.20. The van der Waals surface area contributed by atoms with Crippen molar-refractivity contribution >= 4 is 23.6 Å². The number of carboxylic acids is 1. The molecule has 0 aromatic carbocycles. The fourth-order valence-corrected chi connectivity index (χ4v) is 2.54. The molecule has 0 spiro atoms. The molecular weight excluding hydrogens is 266 g/mol. The smallest absolute Gasteiger partial charge is 0.326 e. The van der Waals surface area contributed by atoms with Crippen molar-refractivity contribution in [3.63, 3.8) is 0 Å². The Hall–Kier alpha value is -1.50. The molecule has 7 heteroatoms. The Bertz CT molecular complexity index is 434. The number of aromatic nitrogens is 2. The first kappa shape index (κ1) is 15.6. The molecule has 1 rings (SSSR count). The predicted molar refractivity (Wildman–Crippen MR) is 74.1 cm³/mol. The lowest BCUT2D eigenvalue weighted by molar-refractivity contribution is -0.141. The maximum absolute atomic E-state index is 10.9. The molecule has 0 saturated heterocycles. The summed E-state index contributed by atoms with van der Waals surface area (Å²) in [5.74, 6) is 1.30. The third kappa shape index (κ3) is 5.78. The minimum atomic E-state index is -0.986. The number of rotatable bonds is 8. The molecule has 1 heterocycles. The predicted octanol–water partition coefficient (Wildman–Crippen LogP) is 0.675. The van der Waals surface area contributed by atoms with Crippen molar-refractivity contribution in [2.75, 3.05) is 11.5 Å². The second-order valence-electron chi connectivity index (χ2n) is 4.20. The van der Waals surface area contributed by atoms with E-state index in [2.05, 4.69) is 10.3 Å². The lowest BCUT2D eigenvalue weighted by Crippen LogP contribution is -2.39. The average molecular weight is 285 g/mol. The number of nitrogens with one attached hydrogen (secondary N) is 1. The summed E-state index contributed by atoms with van der Waals surface area (Å²) in [7, 11) is 1.95. The first-order valence-corrected chi connectivity index (χ1v) is 7.20. The van der Waals surface area contributed by atoms with Crippen molar-refractivity contribution in [3.8, 4) is 0 Å². The van der Waals surface area contributed by atoms with Crippen molar-refractivity contribution in [2.45, 2.75) is 25.8 Å². The van der Waals surface area contributed by atoms with Crippen LogP contribution in [-0.4, -0.2) is 44.1 Å². The number of nitrogens with zero attached hydrogens (tertiary/aromatic N) is 2. The van der Waals surface area contributed by atoms with Gasteiger partial charge in [0.05, 0.1) is 0 Å². The maximum atomic E-state index is 10.9. The van der Waals surface area contributed by atoms with Gasteiger partial charge in [0.1, 0.15) is 11.9 Å². The molecule has 106 valence electrons. The van der Waals surface area contributed by atoms with Crippen LogP contribution in [0.5, 0.6) is 0 Å². The van der Waals surface area contributed by atoms with Crippen molar-refractivity contribution in [2.24, 2.45) is 7.05 Å². The number of thioether (sulfide) groups is 1. The molecule has 0 aliphatic carbocycles. The van der Waals surface area contributed by atoms with Crippen LogP contribution in [0.1, 0.15) is 19.2 Å². The average Bonchev–Trinajstić information content (AvgIpc) is 2.72. The fourth-order valence-electron chi connectivity index (χ4n) is 1.61. The van der Waals surface area contributed by atoms with Gasteiger partial charge in [0.25, 0.3) is 0 Å². The van der Waals surface area contributed by atoms with Crippen LogP contribution in [0, 0.1) is 0 Å². The molecule has 0 saturated carbocycles. The molecule has 19 heavy (non-hydrogen) atoms.